The first-order chi connectivity index (χ1) is 10.1. The van der Waals surface area contributed by atoms with Gasteiger partial charge >= 0.3 is 5.69 Å². The summed E-state index contributed by atoms with van der Waals surface area (Å²) in [4.78, 5) is 30.9. The van der Waals surface area contributed by atoms with Gasteiger partial charge in [-0.05, 0) is 12.1 Å². The zero-order chi connectivity index (χ0) is 15.0. The van der Waals surface area contributed by atoms with Crippen molar-refractivity contribution in [2.24, 2.45) is 14.1 Å². The van der Waals surface area contributed by atoms with Gasteiger partial charge in [-0.3, -0.25) is 13.9 Å². The fraction of sp³-hybridized carbons (Fsp3) is 0.250. The number of hydrogen-bond donors (Lipinski definition) is 2. The van der Waals surface area contributed by atoms with Crippen LogP contribution in [-0.2, 0) is 20.6 Å². The third-order valence-electron chi connectivity index (χ3n) is 3.16. The third kappa shape index (κ3) is 2.18. The Morgan fingerprint density at radius 1 is 1.29 bits per heavy atom. The summed E-state index contributed by atoms with van der Waals surface area (Å²) in [6.07, 6.45) is 1.59. The lowest BCUT2D eigenvalue weighted by Gasteiger charge is -2.00. The minimum atomic E-state index is -0.417. The summed E-state index contributed by atoms with van der Waals surface area (Å²) in [5.41, 5.74) is 0.498. The highest BCUT2D eigenvalue weighted by molar-refractivity contribution is 5.72. The van der Waals surface area contributed by atoms with Gasteiger partial charge in [0.15, 0.2) is 11.2 Å². The molecule has 2 N–H and O–H groups in total. The highest BCUT2D eigenvalue weighted by Gasteiger charge is 2.13. The highest BCUT2D eigenvalue weighted by Crippen LogP contribution is 2.09. The number of imidazole rings is 1. The minimum Gasteiger partial charge on any atom is -0.350 e. The smallest absolute Gasteiger partial charge is 0.332 e. The first-order valence-electron chi connectivity index (χ1n) is 6.24. The van der Waals surface area contributed by atoms with Crippen molar-refractivity contribution in [1.29, 1.82) is 0 Å². The van der Waals surface area contributed by atoms with Crippen LogP contribution in [0.1, 0.15) is 5.69 Å². The Hall–Kier alpha value is -2.97. The Labute approximate surface area is 118 Å². The fourth-order valence-electron chi connectivity index (χ4n) is 2.01. The zero-order valence-corrected chi connectivity index (χ0v) is 11.5. The number of anilines is 1. The van der Waals surface area contributed by atoms with Crippen LogP contribution in [0.5, 0.6) is 0 Å². The van der Waals surface area contributed by atoms with Gasteiger partial charge in [-0.2, -0.15) is 15.2 Å². The average Bonchev–Trinajstić information content (AvgIpc) is 2.94. The molecule has 0 aliphatic carbocycles. The number of aryl methyl sites for hydroxylation is 1. The second-order valence-electron chi connectivity index (χ2n) is 4.56. The molecule has 0 radical (unpaired) electrons. The SMILES string of the molecule is Cn1c(=O)c2[nH]c(NCc3cccnn3)nc2n(C)c1=O. The largest absolute Gasteiger partial charge is 0.350 e. The summed E-state index contributed by atoms with van der Waals surface area (Å²) in [6.45, 7) is 0.405. The van der Waals surface area contributed by atoms with E-state index in [-0.39, 0.29) is 5.52 Å². The van der Waals surface area contributed by atoms with E-state index in [1.54, 1.807) is 19.3 Å². The molecule has 3 heterocycles. The number of fused-ring (bicyclic) bond motifs is 1. The molecule has 0 unspecified atom stereocenters. The number of rotatable bonds is 3. The molecule has 9 heteroatoms. The van der Waals surface area contributed by atoms with Gasteiger partial charge in [0.2, 0.25) is 5.95 Å². The average molecular weight is 287 g/mol. The molecule has 0 atom stereocenters. The predicted octanol–water partition coefficient (Wildman–Crippen LogP) is -0.638. The van der Waals surface area contributed by atoms with Crippen LogP contribution < -0.4 is 16.6 Å². The lowest BCUT2D eigenvalue weighted by Crippen LogP contribution is -2.36. The summed E-state index contributed by atoms with van der Waals surface area (Å²) in [5.74, 6) is 0.397. The van der Waals surface area contributed by atoms with Crippen molar-refractivity contribution in [3.05, 3.63) is 44.9 Å². The first kappa shape index (κ1) is 13.0. The predicted molar refractivity (Wildman–Crippen MR) is 75.9 cm³/mol. The maximum Gasteiger partial charge on any atom is 0.332 e. The standard InChI is InChI=1S/C12H13N7O2/c1-18-9-8(10(20)19(2)12(18)21)15-11(16-9)13-6-7-4-3-5-14-17-7/h3-5H,6H2,1-2H3,(H2,13,15,16). The molecule has 3 aromatic rings. The van der Waals surface area contributed by atoms with Crippen molar-refractivity contribution in [2.75, 3.05) is 5.32 Å². The van der Waals surface area contributed by atoms with Crippen LogP contribution in [-0.4, -0.2) is 29.3 Å². The van der Waals surface area contributed by atoms with Gasteiger partial charge in [0.25, 0.3) is 5.56 Å². The van der Waals surface area contributed by atoms with E-state index in [1.165, 1.54) is 11.6 Å². The maximum absolute atomic E-state index is 12.0. The second-order valence-corrected chi connectivity index (χ2v) is 4.56. The quantitative estimate of drug-likeness (QED) is 0.663. The van der Waals surface area contributed by atoms with E-state index in [2.05, 4.69) is 25.5 Å². The van der Waals surface area contributed by atoms with Crippen molar-refractivity contribution >= 4 is 17.1 Å². The number of H-pyrrole nitrogens is 1. The molecule has 21 heavy (non-hydrogen) atoms. The van der Waals surface area contributed by atoms with Gasteiger partial charge in [0.1, 0.15) is 0 Å². The van der Waals surface area contributed by atoms with Gasteiger partial charge in [0.05, 0.1) is 12.2 Å². The zero-order valence-electron chi connectivity index (χ0n) is 11.5. The lowest BCUT2D eigenvalue weighted by atomic mass is 10.4. The Morgan fingerprint density at radius 3 is 2.81 bits per heavy atom. The van der Waals surface area contributed by atoms with E-state index in [4.69, 9.17) is 0 Å². The molecule has 0 saturated heterocycles. The number of aromatic amines is 1. The van der Waals surface area contributed by atoms with Crippen molar-refractivity contribution < 1.29 is 0 Å². The summed E-state index contributed by atoms with van der Waals surface area (Å²) in [5, 5.41) is 10.7. The third-order valence-corrected chi connectivity index (χ3v) is 3.16. The number of nitrogens with one attached hydrogen (secondary N) is 2. The molecule has 0 saturated carbocycles. The monoisotopic (exact) mass is 287 g/mol. The van der Waals surface area contributed by atoms with Gasteiger partial charge in [-0.15, -0.1) is 0 Å². The summed E-state index contributed by atoms with van der Waals surface area (Å²) >= 11 is 0. The summed E-state index contributed by atoms with van der Waals surface area (Å²) in [6, 6.07) is 3.60. The molecule has 3 aromatic heterocycles. The Kier molecular flexibility index (Phi) is 3.01. The van der Waals surface area contributed by atoms with Crippen LogP contribution in [0.4, 0.5) is 5.95 Å². The molecule has 0 spiro atoms. The van der Waals surface area contributed by atoms with E-state index >= 15 is 0 Å². The molecular formula is C12H13N7O2. The highest BCUT2D eigenvalue weighted by atomic mass is 16.2. The minimum absolute atomic E-state index is 0.279. The van der Waals surface area contributed by atoms with E-state index in [1.807, 2.05) is 6.07 Å². The molecule has 0 amide bonds. The maximum atomic E-state index is 12.0. The topological polar surface area (TPSA) is 110 Å². The van der Waals surface area contributed by atoms with E-state index < -0.39 is 11.2 Å². The fourth-order valence-corrected chi connectivity index (χ4v) is 2.01. The number of hydrogen-bond acceptors (Lipinski definition) is 6. The Bertz CT molecular complexity index is 907. The van der Waals surface area contributed by atoms with Crippen molar-refractivity contribution in [1.82, 2.24) is 29.3 Å². The van der Waals surface area contributed by atoms with Crippen LogP contribution in [0.2, 0.25) is 0 Å². The normalized spacial score (nSPS) is 11.0. The summed E-state index contributed by atoms with van der Waals surface area (Å²) in [7, 11) is 3.00. The molecule has 0 aromatic carbocycles. The van der Waals surface area contributed by atoms with Crippen LogP contribution in [0.3, 0.4) is 0 Å². The number of aromatic nitrogens is 6. The second kappa shape index (κ2) is 4.85. The van der Waals surface area contributed by atoms with Crippen LogP contribution in [0.15, 0.2) is 27.9 Å². The van der Waals surface area contributed by atoms with Crippen LogP contribution in [0.25, 0.3) is 11.2 Å². The molecule has 0 aliphatic rings. The van der Waals surface area contributed by atoms with Gasteiger partial charge < -0.3 is 10.3 Å². The Balaban J connectivity index is 1.99. The van der Waals surface area contributed by atoms with Crippen LogP contribution >= 0.6 is 0 Å². The molecule has 9 nitrogen and oxygen atoms in total. The molecule has 0 aliphatic heterocycles. The Morgan fingerprint density at radius 2 is 2.10 bits per heavy atom. The summed E-state index contributed by atoms with van der Waals surface area (Å²) < 4.78 is 2.35. The van der Waals surface area contributed by atoms with Crippen molar-refractivity contribution in [2.45, 2.75) is 6.54 Å². The lowest BCUT2D eigenvalue weighted by molar-refractivity contribution is 0.709. The van der Waals surface area contributed by atoms with Crippen molar-refractivity contribution in [3.8, 4) is 0 Å². The van der Waals surface area contributed by atoms with Gasteiger partial charge in [-0.1, -0.05) is 0 Å². The van der Waals surface area contributed by atoms with E-state index in [0.717, 1.165) is 10.3 Å². The van der Waals surface area contributed by atoms with Gasteiger partial charge in [0, 0.05) is 20.3 Å². The molecule has 108 valence electrons. The first-order valence-corrected chi connectivity index (χ1v) is 6.24. The van der Waals surface area contributed by atoms with Crippen molar-refractivity contribution in [3.63, 3.8) is 0 Å². The molecule has 0 bridgehead atoms. The number of nitrogens with zero attached hydrogens (tertiary/aromatic N) is 5. The van der Waals surface area contributed by atoms with Gasteiger partial charge in [-0.25, -0.2) is 4.79 Å². The molecule has 0 fully saturated rings. The molecular weight excluding hydrogens is 274 g/mol. The van der Waals surface area contributed by atoms with E-state index in [9.17, 15) is 9.59 Å². The van der Waals surface area contributed by atoms with Crippen LogP contribution in [0, 0.1) is 0 Å². The van der Waals surface area contributed by atoms with E-state index in [0.29, 0.717) is 18.1 Å². The molecule has 3 rings (SSSR count).